The van der Waals surface area contributed by atoms with Crippen LogP contribution in [0.15, 0.2) is 47.2 Å². The van der Waals surface area contributed by atoms with Gasteiger partial charge in [0.2, 0.25) is 11.7 Å². The number of hydrogen-bond acceptors (Lipinski definition) is 10. The number of aliphatic hydroxyl groups excluding tert-OH is 2. The number of primary amides is 1. The summed E-state index contributed by atoms with van der Waals surface area (Å²) in [6.07, 6.45) is 4.26. The Morgan fingerprint density at radius 1 is 1.22 bits per heavy atom. The molecule has 7 N–H and O–H groups in total. The number of nitrogens with zero attached hydrogens (tertiary/aromatic N) is 3. The molecule has 1 aromatic heterocycles. The molecule has 0 aliphatic heterocycles. The van der Waals surface area contributed by atoms with Gasteiger partial charge in [0.05, 0.1) is 23.5 Å². The fourth-order valence-electron chi connectivity index (χ4n) is 6.34. The Morgan fingerprint density at radius 3 is 2.54 bits per heavy atom. The zero-order chi connectivity index (χ0) is 30.0. The highest BCUT2D eigenvalue weighted by atomic mass is 16.3. The standard InChI is InChI=1S/C28H31N5O8/c1-4-12-9-30-33(10-12)11-17(34)31-16-6-5-13-7-14-8-15-21(32(2)3)24(37)20(27(29)40)26(39)28(15,41)25(38)19(14)23(36)18(13)22(16)35/h5-6,9-10,14-15,21,35,37-38,41H,4,7-8,11H2,1-3H3,(H2,29,40)(H,31,34)/t14?,15?,21-,28-/m0/s1. The number of phenolic OH excluding ortho intramolecular Hbond substituents is 1. The highest BCUT2D eigenvalue weighted by molar-refractivity contribution is 6.25. The summed E-state index contributed by atoms with van der Waals surface area (Å²) in [7, 11) is 3.13. The number of aromatic hydroxyl groups is 1. The first-order valence-corrected chi connectivity index (χ1v) is 13.1. The zero-order valence-corrected chi connectivity index (χ0v) is 22.7. The molecule has 0 bridgehead atoms. The lowest BCUT2D eigenvalue weighted by Gasteiger charge is -2.50. The van der Waals surface area contributed by atoms with Gasteiger partial charge in [-0.05, 0) is 56.5 Å². The van der Waals surface area contributed by atoms with Gasteiger partial charge >= 0.3 is 0 Å². The number of benzene rings is 1. The molecule has 0 radical (unpaired) electrons. The fraction of sp³-hybridized carbons (Fsp3) is 0.393. The molecule has 0 fully saturated rings. The SMILES string of the molecule is CCc1cnn(CC(=O)Nc2ccc3c(c2O)C(=O)C2=C(O)[C@]4(O)C(=O)C(C(N)=O)=C(O)[C@@H](N(C)C)C4CC2C3)c1. The Balaban J connectivity index is 1.53. The summed E-state index contributed by atoms with van der Waals surface area (Å²) in [5, 5.41) is 51.6. The minimum absolute atomic E-state index is 0.00533. The van der Waals surface area contributed by atoms with Crippen molar-refractivity contribution in [2.75, 3.05) is 19.4 Å². The number of carbonyl (C=O) groups is 4. The Hall–Kier alpha value is -4.49. The van der Waals surface area contributed by atoms with Gasteiger partial charge in [-0.3, -0.25) is 28.8 Å². The van der Waals surface area contributed by atoms with Gasteiger partial charge in [0.15, 0.2) is 17.1 Å². The van der Waals surface area contributed by atoms with Gasteiger partial charge < -0.3 is 31.5 Å². The number of nitrogens with two attached hydrogens (primary N) is 1. The van der Waals surface area contributed by atoms with Gasteiger partial charge in [0, 0.05) is 17.7 Å². The number of aromatic nitrogens is 2. The number of nitrogens with one attached hydrogen (secondary N) is 1. The predicted molar refractivity (Wildman–Crippen MR) is 144 cm³/mol. The van der Waals surface area contributed by atoms with E-state index in [9.17, 15) is 39.6 Å². The Kier molecular flexibility index (Phi) is 6.74. The molecule has 3 aliphatic carbocycles. The van der Waals surface area contributed by atoms with Crippen LogP contribution in [0.1, 0.15) is 34.8 Å². The van der Waals surface area contributed by atoms with Crippen LogP contribution >= 0.6 is 0 Å². The highest BCUT2D eigenvalue weighted by Gasteiger charge is 2.63. The van der Waals surface area contributed by atoms with E-state index in [4.69, 9.17) is 5.73 Å². The van der Waals surface area contributed by atoms with Crippen molar-refractivity contribution in [2.24, 2.45) is 17.6 Å². The summed E-state index contributed by atoms with van der Waals surface area (Å²) < 4.78 is 1.44. The molecule has 0 spiro atoms. The van der Waals surface area contributed by atoms with Crippen LogP contribution in [0.3, 0.4) is 0 Å². The molecule has 13 nitrogen and oxygen atoms in total. The number of carbonyl (C=O) groups excluding carboxylic acids is 4. The second-order valence-corrected chi connectivity index (χ2v) is 10.9. The fourth-order valence-corrected chi connectivity index (χ4v) is 6.34. The van der Waals surface area contributed by atoms with E-state index in [2.05, 4.69) is 10.4 Å². The Bertz CT molecular complexity index is 1570. The predicted octanol–water partition coefficient (Wildman–Crippen LogP) is 0.518. The van der Waals surface area contributed by atoms with Crippen molar-refractivity contribution in [3.05, 3.63) is 63.9 Å². The van der Waals surface area contributed by atoms with Crippen molar-refractivity contribution in [2.45, 2.75) is 44.4 Å². The lowest BCUT2D eigenvalue weighted by Crippen LogP contribution is -2.63. The molecule has 2 amide bonds. The normalized spacial score (nSPS) is 25.6. The number of aliphatic hydroxyl groups is 3. The van der Waals surface area contributed by atoms with Crippen LogP contribution in [0.4, 0.5) is 5.69 Å². The van der Waals surface area contributed by atoms with E-state index in [0.29, 0.717) is 5.56 Å². The molecular formula is C28H31N5O8. The molecule has 5 rings (SSSR count). The number of Topliss-reactive ketones (excluding diaryl/α,β-unsaturated/α-hetero) is 2. The topological polar surface area (TPSA) is 208 Å². The maximum Gasteiger partial charge on any atom is 0.255 e. The first kappa shape index (κ1) is 28.1. The summed E-state index contributed by atoms with van der Waals surface area (Å²) in [5.74, 6) is -7.80. The number of ketones is 2. The summed E-state index contributed by atoms with van der Waals surface area (Å²) in [5.41, 5.74) is 2.66. The number of fused-ring (bicyclic) bond motifs is 3. The second-order valence-electron chi connectivity index (χ2n) is 10.9. The molecule has 1 heterocycles. The monoisotopic (exact) mass is 565 g/mol. The maximum absolute atomic E-state index is 13.8. The van der Waals surface area contributed by atoms with Crippen molar-refractivity contribution in [1.29, 1.82) is 0 Å². The average Bonchev–Trinajstić information content (AvgIpc) is 3.34. The number of likely N-dealkylation sites (N-methyl/N-ethyl adjacent to an activating group) is 1. The third-order valence-corrected chi connectivity index (χ3v) is 8.27. The van der Waals surface area contributed by atoms with Crippen molar-refractivity contribution in [3.8, 4) is 5.75 Å². The number of amides is 2. The van der Waals surface area contributed by atoms with Gasteiger partial charge in [0.1, 0.15) is 23.6 Å². The van der Waals surface area contributed by atoms with Gasteiger partial charge in [-0.1, -0.05) is 13.0 Å². The van der Waals surface area contributed by atoms with E-state index in [-0.39, 0.29) is 36.2 Å². The molecule has 41 heavy (non-hydrogen) atoms. The van der Waals surface area contributed by atoms with Gasteiger partial charge in [-0.2, -0.15) is 5.10 Å². The Labute approximate surface area is 234 Å². The van der Waals surface area contributed by atoms with Crippen LogP contribution in [0.25, 0.3) is 0 Å². The molecule has 1 aromatic carbocycles. The van der Waals surface area contributed by atoms with Gasteiger partial charge in [-0.25, -0.2) is 0 Å². The number of hydrogen-bond donors (Lipinski definition) is 6. The van der Waals surface area contributed by atoms with Crippen LogP contribution in [0.2, 0.25) is 0 Å². The first-order valence-electron chi connectivity index (χ1n) is 13.1. The van der Waals surface area contributed by atoms with E-state index in [1.807, 2.05) is 6.92 Å². The minimum atomic E-state index is -2.72. The van der Waals surface area contributed by atoms with Crippen LogP contribution in [-0.2, 0) is 33.8 Å². The van der Waals surface area contributed by atoms with Crippen LogP contribution in [-0.4, -0.2) is 84.2 Å². The van der Waals surface area contributed by atoms with E-state index >= 15 is 0 Å². The van der Waals surface area contributed by atoms with Crippen LogP contribution in [0, 0.1) is 11.8 Å². The number of anilines is 1. The van der Waals surface area contributed by atoms with E-state index in [1.165, 1.54) is 15.6 Å². The zero-order valence-electron chi connectivity index (χ0n) is 22.7. The van der Waals surface area contributed by atoms with Crippen LogP contribution < -0.4 is 11.1 Å². The molecule has 13 heteroatoms. The lowest BCUT2D eigenvalue weighted by molar-refractivity contribution is -0.148. The molecule has 0 saturated carbocycles. The molecule has 3 aliphatic rings. The number of rotatable bonds is 6. The number of phenols is 1. The quantitative estimate of drug-likeness (QED) is 0.211. The summed E-state index contributed by atoms with van der Waals surface area (Å²) in [4.78, 5) is 53.4. The molecule has 4 atom stereocenters. The van der Waals surface area contributed by atoms with E-state index in [0.717, 1.165) is 12.0 Å². The smallest absolute Gasteiger partial charge is 0.255 e. The molecule has 2 aromatic rings. The van der Waals surface area contributed by atoms with Crippen molar-refractivity contribution in [1.82, 2.24) is 14.7 Å². The number of allylic oxidation sites excluding steroid dienone is 1. The lowest BCUT2D eigenvalue weighted by atomic mass is 9.58. The third-order valence-electron chi connectivity index (χ3n) is 8.27. The van der Waals surface area contributed by atoms with E-state index < -0.39 is 69.7 Å². The van der Waals surface area contributed by atoms with Crippen molar-refractivity contribution < 1.29 is 39.6 Å². The van der Waals surface area contributed by atoms with Crippen LogP contribution in [0.5, 0.6) is 5.75 Å². The van der Waals surface area contributed by atoms with Crippen molar-refractivity contribution in [3.63, 3.8) is 0 Å². The summed E-state index contributed by atoms with van der Waals surface area (Å²) in [6.45, 7) is 1.82. The molecule has 2 unspecified atom stereocenters. The summed E-state index contributed by atoms with van der Waals surface area (Å²) >= 11 is 0. The molecule has 216 valence electrons. The molecule has 0 saturated heterocycles. The third kappa shape index (κ3) is 4.19. The maximum atomic E-state index is 13.8. The van der Waals surface area contributed by atoms with Gasteiger partial charge in [-0.15, -0.1) is 0 Å². The van der Waals surface area contributed by atoms with E-state index in [1.54, 1.807) is 32.6 Å². The van der Waals surface area contributed by atoms with Gasteiger partial charge in [0.25, 0.3) is 5.91 Å². The average molecular weight is 566 g/mol. The summed E-state index contributed by atoms with van der Waals surface area (Å²) in [6, 6.07) is 1.99. The number of aryl methyl sites for hydroxylation is 1. The van der Waals surface area contributed by atoms with Crippen molar-refractivity contribution >= 4 is 29.1 Å². The molecular weight excluding hydrogens is 534 g/mol. The second kappa shape index (κ2) is 9.85. The minimum Gasteiger partial charge on any atom is -0.510 e. The highest BCUT2D eigenvalue weighted by Crippen LogP contribution is 2.52. The first-order chi connectivity index (χ1) is 19.3. The largest absolute Gasteiger partial charge is 0.510 e. The Morgan fingerprint density at radius 2 is 1.93 bits per heavy atom.